The van der Waals surface area contributed by atoms with Crippen molar-refractivity contribution in [3.05, 3.63) is 50.7 Å². The van der Waals surface area contributed by atoms with Crippen molar-refractivity contribution in [2.75, 3.05) is 7.11 Å². The van der Waals surface area contributed by atoms with E-state index in [1.165, 1.54) is 32.9 Å². The van der Waals surface area contributed by atoms with Gasteiger partial charge in [-0.05, 0) is 68.5 Å². The minimum absolute atomic E-state index is 0.386. The summed E-state index contributed by atoms with van der Waals surface area (Å²) in [6, 6.07) is 9.61. The molecule has 3 heteroatoms. The maximum absolute atomic E-state index is 5.37. The van der Waals surface area contributed by atoms with Gasteiger partial charge in [-0.3, -0.25) is 0 Å². The number of methoxy groups -OCH3 is 1. The summed E-state index contributed by atoms with van der Waals surface area (Å²) in [5.74, 6) is 0.956. The largest absolute Gasteiger partial charge is 0.497 e. The highest BCUT2D eigenvalue weighted by Gasteiger charge is 2.25. The van der Waals surface area contributed by atoms with Crippen molar-refractivity contribution in [2.45, 2.75) is 45.7 Å². The molecule has 21 heavy (non-hydrogen) atoms. The molecule has 3 rings (SSSR count). The van der Waals surface area contributed by atoms with Gasteiger partial charge in [-0.1, -0.05) is 6.07 Å². The third-order valence-corrected chi connectivity index (χ3v) is 5.41. The van der Waals surface area contributed by atoms with Crippen LogP contribution < -0.4 is 10.1 Å². The van der Waals surface area contributed by atoms with Crippen molar-refractivity contribution in [1.29, 1.82) is 0 Å². The number of nitrogens with one attached hydrogen (secondary N) is 1. The Kier molecular flexibility index (Phi) is 4.05. The molecule has 0 spiro atoms. The van der Waals surface area contributed by atoms with E-state index in [2.05, 4.69) is 50.4 Å². The average molecular weight is 301 g/mol. The van der Waals surface area contributed by atoms with Crippen LogP contribution in [0.4, 0.5) is 0 Å². The Hall–Kier alpha value is -1.32. The summed E-state index contributed by atoms with van der Waals surface area (Å²) in [5.41, 5.74) is 4.30. The van der Waals surface area contributed by atoms with Crippen molar-refractivity contribution in [3.8, 4) is 5.75 Å². The number of fused-ring (bicyclic) bond motifs is 1. The number of ether oxygens (including phenoxy) is 1. The third kappa shape index (κ3) is 2.85. The molecule has 0 aliphatic heterocycles. The molecule has 2 atom stereocenters. The number of aryl methyl sites for hydroxylation is 3. The molecule has 2 aromatic rings. The van der Waals surface area contributed by atoms with Gasteiger partial charge in [-0.2, -0.15) is 0 Å². The molecule has 0 saturated heterocycles. The molecular weight excluding hydrogens is 278 g/mol. The summed E-state index contributed by atoms with van der Waals surface area (Å²) in [7, 11) is 1.74. The van der Waals surface area contributed by atoms with E-state index in [1.54, 1.807) is 7.11 Å². The second-order valence-corrected chi connectivity index (χ2v) is 7.37. The standard InChI is InChI=1S/C18H23NOS/c1-11-9-16(13(3)21-11)12(2)19-18-8-6-14-5-7-15(20-4)10-17(14)18/h5,7,9-10,12,18-19H,6,8H2,1-4H3. The van der Waals surface area contributed by atoms with E-state index in [0.29, 0.717) is 12.1 Å². The zero-order valence-corrected chi connectivity index (χ0v) is 14.0. The normalized spacial score (nSPS) is 18.6. The Bertz CT molecular complexity index is 647. The summed E-state index contributed by atoms with van der Waals surface area (Å²) >= 11 is 1.89. The highest BCUT2D eigenvalue weighted by Crippen LogP contribution is 2.36. The van der Waals surface area contributed by atoms with Crippen LogP contribution in [0.25, 0.3) is 0 Å². The predicted molar refractivity (Wildman–Crippen MR) is 89.4 cm³/mol. The Morgan fingerprint density at radius 1 is 1.29 bits per heavy atom. The lowest BCUT2D eigenvalue weighted by molar-refractivity contribution is 0.412. The monoisotopic (exact) mass is 301 g/mol. The minimum atomic E-state index is 0.386. The van der Waals surface area contributed by atoms with Crippen LogP contribution >= 0.6 is 11.3 Å². The zero-order chi connectivity index (χ0) is 15.0. The molecule has 1 N–H and O–H groups in total. The van der Waals surface area contributed by atoms with Crippen LogP contribution in [0.15, 0.2) is 24.3 Å². The van der Waals surface area contributed by atoms with Gasteiger partial charge in [-0.25, -0.2) is 0 Å². The minimum Gasteiger partial charge on any atom is -0.497 e. The first-order chi connectivity index (χ1) is 10.1. The van der Waals surface area contributed by atoms with Crippen LogP contribution in [0.1, 0.15) is 51.9 Å². The van der Waals surface area contributed by atoms with Crippen LogP contribution in [-0.4, -0.2) is 7.11 Å². The van der Waals surface area contributed by atoms with Gasteiger partial charge in [0.15, 0.2) is 0 Å². The quantitative estimate of drug-likeness (QED) is 0.883. The fraction of sp³-hybridized carbons (Fsp3) is 0.444. The molecule has 1 aromatic heterocycles. The summed E-state index contributed by atoms with van der Waals surface area (Å²) in [5, 5.41) is 3.81. The number of rotatable bonds is 4. The van der Waals surface area contributed by atoms with Gasteiger partial charge >= 0.3 is 0 Å². The predicted octanol–water partition coefficient (Wildman–Crippen LogP) is 4.71. The number of benzene rings is 1. The van der Waals surface area contributed by atoms with E-state index in [1.807, 2.05) is 11.3 Å². The lowest BCUT2D eigenvalue weighted by atomic mass is 10.0. The van der Waals surface area contributed by atoms with Crippen LogP contribution in [0, 0.1) is 13.8 Å². The Morgan fingerprint density at radius 2 is 2.10 bits per heavy atom. The van der Waals surface area contributed by atoms with Crippen LogP contribution in [-0.2, 0) is 6.42 Å². The van der Waals surface area contributed by atoms with Crippen LogP contribution in [0.2, 0.25) is 0 Å². The molecule has 1 aromatic carbocycles. The fourth-order valence-electron chi connectivity index (χ4n) is 3.35. The molecule has 112 valence electrons. The first-order valence-corrected chi connectivity index (χ1v) is 8.40. The highest BCUT2D eigenvalue weighted by molar-refractivity contribution is 7.12. The van der Waals surface area contributed by atoms with Crippen molar-refractivity contribution < 1.29 is 4.74 Å². The van der Waals surface area contributed by atoms with Gasteiger partial charge in [0, 0.05) is 21.8 Å². The van der Waals surface area contributed by atoms with Gasteiger partial charge in [0.05, 0.1) is 7.11 Å². The van der Waals surface area contributed by atoms with E-state index >= 15 is 0 Å². The Labute approximate surface area is 131 Å². The molecule has 0 amide bonds. The summed E-state index contributed by atoms with van der Waals surface area (Å²) in [4.78, 5) is 2.82. The van der Waals surface area contributed by atoms with E-state index in [9.17, 15) is 0 Å². The second kappa shape index (κ2) is 5.82. The first kappa shape index (κ1) is 14.6. The van der Waals surface area contributed by atoms with E-state index in [0.717, 1.165) is 12.2 Å². The van der Waals surface area contributed by atoms with E-state index < -0.39 is 0 Å². The van der Waals surface area contributed by atoms with E-state index in [4.69, 9.17) is 4.74 Å². The van der Waals surface area contributed by atoms with Crippen molar-refractivity contribution >= 4 is 11.3 Å². The number of hydrogen-bond acceptors (Lipinski definition) is 3. The van der Waals surface area contributed by atoms with Crippen molar-refractivity contribution in [1.82, 2.24) is 5.32 Å². The summed E-state index contributed by atoms with van der Waals surface area (Å²) in [6.45, 7) is 6.67. The molecule has 1 heterocycles. The van der Waals surface area contributed by atoms with Gasteiger partial charge < -0.3 is 10.1 Å². The molecule has 0 radical (unpaired) electrons. The smallest absolute Gasteiger partial charge is 0.119 e. The van der Waals surface area contributed by atoms with Gasteiger partial charge in [0.2, 0.25) is 0 Å². The first-order valence-electron chi connectivity index (χ1n) is 7.58. The summed E-state index contributed by atoms with van der Waals surface area (Å²) in [6.07, 6.45) is 2.33. The maximum Gasteiger partial charge on any atom is 0.119 e. The molecule has 2 unspecified atom stereocenters. The number of hydrogen-bond donors (Lipinski definition) is 1. The topological polar surface area (TPSA) is 21.3 Å². The molecular formula is C18H23NOS. The molecule has 1 aliphatic rings. The summed E-state index contributed by atoms with van der Waals surface area (Å²) < 4.78 is 5.37. The Balaban J connectivity index is 1.80. The molecule has 2 nitrogen and oxygen atoms in total. The van der Waals surface area contributed by atoms with Crippen molar-refractivity contribution in [3.63, 3.8) is 0 Å². The van der Waals surface area contributed by atoms with Crippen molar-refractivity contribution in [2.24, 2.45) is 0 Å². The van der Waals surface area contributed by atoms with E-state index in [-0.39, 0.29) is 0 Å². The van der Waals surface area contributed by atoms with Gasteiger partial charge in [-0.15, -0.1) is 11.3 Å². The average Bonchev–Trinajstić information content (AvgIpc) is 3.01. The zero-order valence-electron chi connectivity index (χ0n) is 13.2. The SMILES string of the molecule is COc1ccc2c(c1)C(NC(C)c1cc(C)sc1C)CC2. The Morgan fingerprint density at radius 3 is 2.76 bits per heavy atom. The van der Waals surface area contributed by atoms with Gasteiger partial charge in [0.25, 0.3) is 0 Å². The molecule has 0 saturated carbocycles. The third-order valence-electron chi connectivity index (χ3n) is 4.43. The lowest BCUT2D eigenvalue weighted by Gasteiger charge is -2.21. The number of thiophene rings is 1. The maximum atomic E-state index is 5.37. The van der Waals surface area contributed by atoms with Crippen LogP contribution in [0.3, 0.4) is 0 Å². The highest BCUT2D eigenvalue weighted by atomic mass is 32.1. The molecule has 0 bridgehead atoms. The fourth-order valence-corrected chi connectivity index (χ4v) is 4.37. The van der Waals surface area contributed by atoms with Gasteiger partial charge in [0.1, 0.15) is 5.75 Å². The second-order valence-electron chi connectivity index (χ2n) is 5.91. The molecule has 0 fully saturated rings. The lowest BCUT2D eigenvalue weighted by Crippen LogP contribution is -2.23. The molecule has 1 aliphatic carbocycles. The van der Waals surface area contributed by atoms with Crippen LogP contribution in [0.5, 0.6) is 5.75 Å².